The Morgan fingerprint density at radius 2 is 2.07 bits per heavy atom. The lowest BCUT2D eigenvalue weighted by Crippen LogP contribution is -2.60. The number of likely N-dealkylation sites (N-methyl/N-ethyl adjacent to an activating group) is 1. The highest BCUT2D eigenvalue weighted by Crippen LogP contribution is 2.28. The summed E-state index contributed by atoms with van der Waals surface area (Å²) in [4.78, 5) is 2.11. The SMILES string of the molecule is CC(C)N(C)C1(CN)CCCS(=O)(=O)C1. The normalized spacial score (nSPS) is 31.1. The summed E-state index contributed by atoms with van der Waals surface area (Å²) in [6.07, 6.45) is 1.62. The average Bonchev–Trinajstić information content (AvgIpc) is 2.14. The molecule has 1 rings (SSSR count). The van der Waals surface area contributed by atoms with Crippen molar-refractivity contribution in [2.75, 3.05) is 25.1 Å². The molecule has 0 aromatic rings. The maximum Gasteiger partial charge on any atom is 0.152 e. The lowest BCUT2D eigenvalue weighted by Gasteiger charge is -2.45. The molecule has 0 bridgehead atoms. The molecule has 0 aromatic carbocycles. The summed E-state index contributed by atoms with van der Waals surface area (Å²) in [6.45, 7) is 4.55. The summed E-state index contributed by atoms with van der Waals surface area (Å²) in [5.74, 6) is 0.534. The van der Waals surface area contributed by atoms with Gasteiger partial charge in [0.25, 0.3) is 0 Å². The van der Waals surface area contributed by atoms with E-state index in [2.05, 4.69) is 18.7 Å². The number of rotatable bonds is 3. The molecular formula is C10H22N2O2S. The highest BCUT2D eigenvalue weighted by atomic mass is 32.2. The number of nitrogens with two attached hydrogens (primary N) is 1. The van der Waals surface area contributed by atoms with Gasteiger partial charge in [0.05, 0.1) is 11.5 Å². The van der Waals surface area contributed by atoms with E-state index in [-0.39, 0.29) is 11.3 Å². The Kier molecular flexibility index (Phi) is 3.79. The van der Waals surface area contributed by atoms with Gasteiger partial charge in [-0.25, -0.2) is 8.42 Å². The molecule has 90 valence electrons. The van der Waals surface area contributed by atoms with Crippen molar-refractivity contribution in [2.24, 2.45) is 5.73 Å². The zero-order valence-electron chi connectivity index (χ0n) is 9.86. The molecule has 1 saturated heterocycles. The molecular weight excluding hydrogens is 212 g/mol. The Balaban J connectivity index is 2.94. The van der Waals surface area contributed by atoms with Crippen molar-refractivity contribution in [1.29, 1.82) is 0 Å². The van der Waals surface area contributed by atoms with Crippen molar-refractivity contribution in [2.45, 2.75) is 38.3 Å². The minimum Gasteiger partial charge on any atom is -0.329 e. The number of hydrogen-bond donors (Lipinski definition) is 1. The zero-order chi connectivity index (χ0) is 11.7. The van der Waals surface area contributed by atoms with Crippen molar-refractivity contribution in [3.8, 4) is 0 Å². The van der Waals surface area contributed by atoms with Gasteiger partial charge in [0.1, 0.15) is 0 Å². The van der Waals surface area contributed by atoms with Crippen LogP contribution in [0.15, 0.2) is 0 Å². The lowest BCUT2D eigenvalue weighted by molar-refractivity contribution is 0.0985. The van der Waals surface area contributed by atoms with Gasteiger partial charge in [-0.15, -0.1) is 0 Å². The predicted octanol–water partition coefficient (Wildman–Crippen LogP) is 0.233. The molecule has 1 unspecified atom stereocenters. The minimum atomic E-state index is -2.90. The van der Waals surface area contributed by atoms with Gasteiger partial charge in [-0.1, -0.05) is 0 Å². The predicted molar refractivity (Wildman–Crippen MR) is 62.6 cm³/mol. The van der Waals surface area contributed by atoms with Crippen LogP contribution in [0.25, 0.3) is 0 Å². The van der Waals surface area contributed by atoms with Gasteiger partial charge in [-0.3, -0.25) is 4.90 Å². The van der Waals surface area contributed by atoms with E-state index in [1.807, 2.05) is 7.05 Å². The first-order chi connectivity index (χ1) is 6.83. The topological polar surface area (TPSA) is 63.4 Å². The average molecular weight is 234 g/mol. The molecule has 0 spiro atoms. The van der Waals surface area contributed by atoms with Crippen LogP contribution in [0.4, 0.5) is 0 Å². The highest BCUT2D eigenvalue weighted by Gasteiger charge is 2.41. The molecule has 1 heterocycles. The van der Waals surface area contributed by atoms with Crippen molar-refractivity contribution in [3.05, 3.63) is 0 Å². The molecule has 2 N–H and O–H groups in total. The summed E-state index contributed by atoms with van der Waals surface area (Å²) in [5, 5.41) is 0. The van der Waals surface area contributed by atoms with E-state index in [0.29, 0.717) is 18.3 Å². The standard InChI is InChI=1S/C10H22N2O2S/c1-9(2)12(3)10(7-11)5-4-6-15(13,14)8-10/h9H,4-8,11H2,1-3H3. The van der Waals surface area contributed by atoms with Crippen LogP contribution >= 0.6 is 0 Å². The summed E-state index contributed by atoms with van der Waals surface area (Å²) >= 11 is 0. The van der Waals surface area contributed by atoms with E-state index in [9.17, 15) is 8.42 Å². The van der Waals surface area contributed by atoms with Crippen LogP contribution < -0.4 is 5.73 Å². The Morgan fingerprint density at radius 1 is 1.47 bits per heavy atom. The van der Waals surface area contributed by atoms with Crippen LogP contribution in [0.3, 0.4) is 0 Å². The lowest BCUT2D eigenvalue weighted by atomic mass is 9.92. The third kappa shape index (κ3) is 2.71. The first kappa shape index (κ1) is 12.9. The third-order valence-electron chi connectivity index (χ3n) is 3.49. The van der Waals surface area contributed by atoms with Crippen molar-refractivity contribution in [1.82, 2.24) is 4.90 Å². The second-order valence-electron chi connectivity index (χ2n) is 4.83. The van der Waals surface area contributed by atoms with Crippen LogP contribution in [0.1, 0.15) is 26.7 Å². The zero-order valence-corrected chi connectivity index (χ0v) is 10.7. The fourth-order valence-corrected chi connectivity index (χ4v) is 4.32. The quantitative estimate of drug-likeness (QED) is 0.759. The van der Waals surface area contributed by atoms with Crippen LogP contribution in [-0.4, -0.2) is 50.0 Å². The van der Waals surface area contributed by atoms with Crippen LogP contribution in [-0.2, 0) is 9.84 Å². The number of sulfone groups is 1. The summed E-state index contributed by atoms with van der Waals surface area (Å²) in [7, 11) is -0.932. The summed E-state index contributed by atoms with van der Waals surface area (Å²) in [5.41, 5.74) is 5.45. The number of nitrogens with zero attached hydrogens (tertiary/aromatic N) is 1. The first-order valence-corrected chi connectivity index (χ1v) is 7.28. The number of hydrogen-bond acceptors (Lipinski definition) is 4. The molecule has 0 aromatic heterocycles. The van der Waals surface area contributed by atoms with Crippen molar-refractivity contribution in [3.63, 3.8) is 0 Å². The fourth-order valence-electron chi connectivity index (χ4n) is 2.31. The Bertz CT molecular complexity index is 313. The molecule has 4 nitrogen and oxygen atoms in total. The molecule has 0 radical (unpaired) electrons. The Labute approximate surface area is 92.7 Å². The molecule has 0 amide bonds. The molecule has 1 fully saturated rings. The molecule has 5 heteroatoms. The molecule has 0 saturated carbocycles. The van der Waals surface area contributed by atoms with Gasteiger partial charge in [0.15, 0.2) is 9.84 Å². The van der Waals surface area contributed by atoms with Gasteiger partial charge < -0.3 is 5.73 Å². The van der Waals surface area contributed by atoms with Crippen LogP contribution in [0.2, 0.25) is 0 Å². The minimum absolute atomic E-state index is 0.213. The highest BCUT2D eigenvalue weighted by molar-refractivity contribution is 7.91. The van der Waals surface area contributed by atoms with E-state index < -0.39 is 9.84 Å². The summed E-state index contributed by atoms with van der Waals surface area (Å²) < 4.78 is 23.3. The third-order valence-corrected chi connectivity index (χ3v) is 5.38. The van der Waals surface area contributed by atoms with Crippen molar-refractivity contribution < 1.29 is 8.42 Å². The van der Waals surface area contributed by atoms with Crippen molar-refractivity contribution >= 4 is 9.84 Å². The van der Waals surface area contributed by atoms with Gasteiger partial charge in [0, 0.05) is 18.1 Å². The molecule has 15 heavy (non-hydrogen) atoms. The van der Waals surface area contributed by atoms with Crippen LogP contribution in [0, 0.1) is 0 Å². The molecule has 1 aliphatic rings. The second-order valence-corrected chi connectivity index (χ2v) is 7.01. The maximum absolute atomic E-state index is 11.7. The second kappa shape index (κ2) is 4.39. The molecule has 1 aliphatic heterocycles. The van der Waals surface area contributed by atoms with E-state index in [1.165, 1.54) is 0 Å². The van der Waals surface area contributed by atoms with Gasteiger partial charge in [-0.2, -0.15) is 0 Å². The smallest absolute Gasteiger partial charge is 0.152 e. The monoisotopic (exact) mass is 234 g/mol. The van der Waals surface area contributed by atoms with Gasteiger partial charge in [0.2, 0.25) is 0 Å². The first-order valence-electron chi connectivity index (χ1n) is 5.46. The van der Waals surface area contributed by atoms with E-state index in [1.54, 1.807) is 0 Å². The Morgan fingerprint density at radius 3 is 2.47 bits per heavy atom. The van der Waals surface area contributed by atoms with E-state index in [0.717, 1.165) is 12.8 Å². The summed E-state index contributed by atoms with van der Waals surface area (Å²) in [6, 6.07) is 0.321. The van der Waals surface area contributed by atoms with E-state index in [4.69, 9.17) is 5.73 Å². The maximum atomic E-state index is 11.7. The fraction of sp³-hybridized carbons (Fsp3) is 1.00. The van der Waals surface area contributed by atoms with Crippen LogP contribution in [0.5, 0.6) is 0 Å². The largest absolute Gasteiger partial charge is 0.329 e. The Hall–Kier alpha value is -0.130. The van der Waals surface area contributed by atoms with E-state index >= 15 is 0 Å². The molecule has 1 atom stereocenters. The van der Waals surface area contributed by atoms with Gasteiger partial charge in [-0.05, 0) is 33.7 Å². The molecule has 0 aliphatic carbocycles. The van der Waals surface area contributed by atoms with Gasteiger partial charge >= 0.3 is 0 Å².